The zero-order valence-corrected chi connectivity index (χ0v) is 6.93. The molecule has 0 aliphatic heterocycles. The van der Waals surface area contributed by atoms with Crippen LogP contribution in [0.1, 0.15) is 5.56 Å². The summed E-state index contributed by atoms with van der Waals surface area (Å²) in [6.07, 6.45) is -0.204. The third kappa shape index (κ3) is 3.01. The Morgan fingerprint density at radius 1 is 1.17 bits per heavy atom. The van der Waals surface area contributed by atoms with Gasteiger partial charge in [-0.25, -0.2) is 8.78 Å². The third-order valence-corrected chi connectivity index (χ3v) is 1.56. The van der Waals surface area contributed by atoms with Crippen LogP contribution in [0.15, 0.2) is 30.3 Å². The highest BCUT2D eigenvalue weighted by Crippen LogP contribution is 2.11. The van der Waals surface area contributed by atoms with Crippen LogP contribution in [0.2, 0.25) is 5.02 Å². The number of alkyl halides is 2. The Morgan fingerprint density at radius 2 is 1.75 bits per heavy atom. The molecule has 0 saturated heterocycles. The summed E-state index contributed by atoms with van der Waals surface area (Å²) in [6, 6.07) is 6.68. The highest BCUT2D eigenvalue weighted by atomic mass is 35.5. The largest absolute Gasteiger partial charge is 0.257 e. The molecule has 0 aliphatic rings. The zero-order chi connectivity index (χ0) is 8.97. The Labute approximate surface area is 74.5 Å². The highest BCUT2D eigenvalue weighted by molar-refractivity contribution is 6.30. The monoisotopic (exact) mass is 188 g/mol. The minimum atomic E-state index is -2.40. The predicted octanol–water partition coefficient (Wildman–Crippen LogP) is 3.62. The van der Waals surface area contributed by atoms with Crippen LogP contribution in [0.3, 0.4) is 0 Å². The molecule has 12 heavy (non-hydrogen) atoms. The van der Waals surface area contributed by atoms with E-state index in [2.05, 4.69) is 0 Å². The first kappa shape index (κ1) is 9.20. The van der Waals surface area contributed by atoms with E-state index in [-0.39, 0.29) is 0 Å². The van der Waals surface area contributed by atoms with Gasteiger partial charge in [-0.3, -0.25) is 0 Å². The first-order chi connectivity index (χ1) is 5.68. The fourth-order valence-corrected chi connectivity index (χ4v) is 0.884. The van der Waals surface area contributed by atoms with E-state index in [9.17, 15) is 8.78 Å². The molecule has 3 heteroatoms. The van der Waals surface area contributed by atoms with Crippen LogP contribution in [0.5, 0.6) is 0 Å². The molecule has 0 nitrogen and oxygen atoms in total. The van der Waals surface area contributed by atoms with Gasteiger partial charge in [0, 0.05) is 5.02 Å². The number of hydrogen-bond donors (Lipinski definition) is 0. The maximum absolute atomic E-state index is 11.7. The van der Waals surface area contributed by atoms with Gasteiger partial charge in [0.15, 0.2) is 0 Å². The zero-order valence-electron chi connectivity index (χ0n) is 6.18. The second-order valence-electron chi connectivity index (χ2n) is 2.25. The molecule has 64 valence electrons. The van der Waals surface area contributed by atoms with Gasteiger partial charge in [-0.1, -0.05) is 29.8 Å². The van der Waals surface area contributed by atoms with Gasteiger partial charge in [0.05, 0.1) is 0 Å². The lowest BCUT2D eigenvalue weighted by Gasteiger charge is -1.92. The van der Waals surface area contributed by atoms with Crippen molar-refractivity contribution in [1.29, 1.82) is 0 Å². The minimum Gasteiger partial charge on any atom is -0.206 e. The minimum absolute atomic E-state index is 0.601. The van der Waals surface area contributed by atoms with Crippen LogP contribution < -0.4 is 0 Å². The molecule has 0 N–H and O–H groups in total. The molecule has 0 aliphatic carbocycles. The van der Waals surface area contributed by atoms with Crippen molar-refractivity contribution in [2.75, 3.05) is 0 Å². The first-order valence-electron chi connectivity index (χ1n) is 3.40. The van der Waals surface area contributed by atoms with Crippen LogP contribution in [0, 0.1) is 0 Å². The van der Waals surface area contributed by atoms with Crippen molar-refractivity contribution in [3.63, 3.8) is 0 Å². The molecule has 1 aromatic carbocycles. The number of benzene rings is 1. The van der Waals surface area contributed by atoms with Crippen molar-refractivity contribution >= 4 is 17.7 Å². The smallest absolute Gasteiger partial charge is 0.206 e. The Hall–Kier alpha value is -0.890. The second-order valence-corrected chi connectivity index (χ2v) is 2.68. The van der Waals surface area contributed by atoms with Gasteiger partial charge in [-0.05, 0) is 23.8 Å². The normalized spacial score (nSPS) is 11.3. The van der Waals surface area contributed by atoms with Crippen molar-refractivity contribution in [2.24, 2.45) is 0 Å². The summed E-state index contributed by atoms with van der Waals surface area (Å²) < 4.78 is 23.4. The van der Waals surface area contributed by atoms with Crippen LogP contribution in [-0.4, -0.2) is 6.43 Å². The van der Waals surface area contributed by atoms with E-state index < -0.39 is 6.43 Å². The standard InChI is InChI=1S/C9H7ClF2/c10-8-4-1-7(2-5-8)3-6-9(11)12/h1-6,9H/b6-3+. The molecule has 0 radical (unpaired) electrons. The van der Waals surface area contributed by atoms with E-state index in [4.69, 9.17) is 11.6 Å². The van der Waals surface area contributed by atoms with E-state index in [1.165, 1.54) is 6.08 Å². The molecule has 1 rings (SSSR count). The van der Waals surface area contributed by atoms with E-state index in [1.807, 2.05) is 0 Å². The summed E-state index contributed by atoms with van der Waals surface area (Å²) >= 11 is 5.60. The molecular weight excluding hydrogens is 182 g/mol. The van der Waals surface area contributed by atoms with Gasteiger partial charge in [0.2, 0.25) is 0 Å². The molecule has 0 atom stereocenters. The molecule has 0 spiro atoms. The van der Waals surface area contributed by atoms with Gasteiger partial charge >= 0.3 is 0 Å². The fourth-order valence-electron chi connectivity index (χ4n) is 0.758. The van der Waals surface area contributed by atoms with Gasteiger partial charge < -0.3 is 0 Å². The predicted molar refractivity (Wildman–Crippen MR) is 46.5 cm³/mol. The molecular formula is C9H7ClF2. The van der Waals surface area contributed by atoms with Crippen molar-refractivity contribution in [3.8, 4) is 0 Å². The van der Waals surface area contributed by atoms with Crippen molar-refractivity contribution < 1.29 is 8.78 Å². The summed E-state index contributed by atoms with van der Waals surface area (Å²) in [6.45, 7) is 0. The van der Waals surface area contributed by atoms with Gasteiger partial charge in [0.1, 0.15) is 0 Å². The summed E-state index contributed by atoms with van der Waals surface area (Å²) in [5, 5.41) is 0.601. The molecule has 1 aromatic rings. The van der Waals surface area contributed by atoms with Gasteiger partial charge in [0.25, 0.3) is 6.43 Å². The fraction of sp³-hybridized carbons (Fsp3) is 0.111. The number of halogens is 3. The maximum Gasteiger partial charge on any atom is 0.257 e. The van der Waals surface area contributed by atoms with Crippen LogP contribution in [0.4, 0.5) is 8.78 Å². The topological polar surface area (TPSA) is 0 Å². The lowest BCUT2D eigenvalue weighted by molar-refractivity contribution is 0.205. The summed E-state index contributed by atoms with van der Waals surface area (Å²) in [5.41, 5.74) is 0.722. The highest BCUT2D eigenvalue weighted by Gasteiger charge is 1.93. The number of hydrogen-bond acceptors (Lipinski definition) is 0. The summed E-state index contributed by atoms with van der Waals surface area (Å²) in [4.78, 5) is 0. The van der Waals surface area contributed by atoms with Crippen molar-refractivity contribution in [2.45, 2.75) is 6.43 Å². The number of rotatable bonds is 2. The quantitative estimate of drug-likeness (QED) is 0.665. The molecule has 0 fully saturated rings. The van der Waals surface area contributed by atoms with Crippen molar-refractivity contribution in [1.82, 2.24) is 0 Å². The van der Waals surface area contributed by atoms with E-state index in [1.54, 1.807) is 24.3 Å². The van der Waals surface area contributed by atoms with E-state index in [0.717, 1.165) is 11.6 Å². The van der Waals surface area contributed by atoms with E-state index in [0.29, 0.717) is 5.02 Å². The Morgan fingerprint density at radius 3 is 2.25 bits per heavy atom. The lowest BCUT2D eigenvalue weighted by atomic mass is 10.2. The first-order valence-corrected chi connectivity index (χ1v) is 3.78. The Bertz CT molecular complexity index is 264. The second kappa shape index (κ2) is 4.21. The van der Waals surface area contributed by atoms with E-state index >= 15 is 0 Å². The Balaban J connectivity index is 2.71. The van der Waals surface area contributed by atoms with Crippen LogP contribution in [-0.2, 0) is 0 Å². The van der Waals surface area contributed by atoms with Crippen LogP contribution in [0.25, 0.3) is 6.08 Å². The summed E-state index contributed by atoms with van der Waals surface area (Å²) in [7, 11) is 0. The van der Waals surface area contributed by atoms with Crippen LogP contribution >= 0.6 is 11.6 Å². The van der Waals surface area contributed by atoms with Gasteiger partial charge in [-0.15, -0.1) is 0 Å². The molecule has 0 heterocycles. The molecule has 0 bridgehead atoms. The lowest BCUT2D eigenvalue weighted by Crippen LogP contribution is -1.79. The van der Waals surface area contributed by atoms with Gasteiger partial charge in [-0.2, -0.15) is 0 Å². The number of allylic oxidation sites excluding steroid dienone is 1. The average molecular weight is 189 g/mol. The third-order valence-electron chi connectivity index (χ3n) is 1.30. The Kier molecular flexibility index (Phi) is 3.23. The van der Waals surface area contributed by atoms with Crippen molar-refractivity contribution in [3.05, 3.63) is 40.9 Å². The molecule has 0 aromatic heterocycles. The SMILES string of the molecule is FC(F)/C=C/c1ccc(Cl)cc1. The summed E-state index contributed by atoms with van der Waals surface area (Å²) in [5.74, 6) is 0. The average Bonchev–Trinajstić information content (AvgIpc) is 2.03. The molecule has 0 unspecified atom stereocenters. The molecule has 0 saturated carbocycles. The molecule has 0 amide bonds. The maximum atomic E-state index is 11.7.